The first-order chi connectivity index (χ1) is 9.53. The van der Waals surface area contributed by atoms with Crippen molar-refractivity contribution in [2.24, 2.45) is 0 Å². The summed E-state index contributed by atoms with van der Waals surface area (Å²) in [5.74, 6) is 0.207. The lowest BCUT2D eigenvalue weighted by Gasteiger charge is -2.09. The van der Waals surface area contributed by atoms with Gasteiger partial charge in [0.15, 0.2) is 5.82 Å². The van der Waals surface area contributed by atoms with Crippen LogP contribution in [-0.2, 0) is 16.4 Å². The molecule has 0 spiro atoms. The maximum atomic E-state index is 12.2. The van der Waals surface area contributed by atoms with Crippen LogP contribution in [0, 0.1) is 0 Å². The summed E-state index contributed by atoms with van der Waals surface area (Å²) >= 11 is 0. The van der Waals surface area contributed by atoms with Gasteiger partial charge in [0.05, 0.1) is 4.90 Å². The normalized spacial score (nSPS) is 11.2. The minimum atomic E-state index is -3.71. The molecule has 2 aromatic rings. The molecule has 1 aromatic carbocycles. The molecule has 0 saturated heterocycles. The maximum absolute atomic E-state index is 12.2. The number of nitrogens with zero attached hydrogens (tertiary/aromatic N) is 3. The number of nitrogens with one attached hydrogen (secondary N) is 1. The van der Waals surface area contributed by atoms with E-state index in [1.807, 2.05) is 6.92 Å². The Labute approximate surface area is 117 Å². The molecule has 1 aromatic heterocycles. The van der Waals surface area contributed by atoms with Crippen molar-refractivity contribution in [1.29, 1.82) is 0 Å². The van der Waals surface area contributed by atoms with Crippen LogP contribution in [0.15, 0.2) is 35.5 Å². The van der Waals surface area contributed by atoms with Crippen LogP contribution in [0.1, 0.15) is 19.0 Å². The highest BCUT2D eigenvalue weighted by Gasteiger charge is 2.17. The summed E-state index contributed by atoms with van der Waals surface area (Å²) < 4.78 is 26.9. The molecular weight excluding hydrogens is 278 g/mol. The standard InChI is InChI=1S/C12H15N5O2S/c1-2-3-11-12(14-8-15-16-11)17-20(18,19)10-6-4-9(13)5-7-10/h4-8H,2-3,13H2,1H3,(H,14,15,17). The van der Waals surface area contributed by atoms with Crippen LogP contribution in [0.5, 0.6) is 0 Å². The van der Waals surface area contributed by atoms with Gasteiger partial charge in [0.25, 0.3) is 10.0 Å². The summed E-state index contributed by atoms with van der Waals surface area (Å²) in [7, 11) is -3.71. The molecule has 0 aliphatic carbocycles. The summed E-state index contributed by atoms with van der Waals surface area (Å²) in [6.07, 6.45) is 2.62. The van der Waals surface area contributed by atoms with Gasteiger partial charge in [0.2, 0.25) is 0 Å². The zero-order valence-electron chi connectivity index (χ0n) is 10.9. The fourth-order valence-corrected chi connectivity index (χ4v) is 2.66. The van der Waals surface area contributed by atoms with Crippen LogP contribution in [-0.4, -0.2) is 23.6 Å². The highest BCUT2D eigenvalue weighted by atomic mass is 32.2. The molecule has 0 aliphatic heterocycles. The molecule has 1 heterocycles. The lowest BCUT2D eigenvalue weighted by Crippen LogP contribution is -2.16. The van der Waals surface area contributed by atoms with E-state index in [9.17, 15) is 8.42 Å². The second-order valence-electron chi connectivity index (χ2n) is 4.18. The molecular formula is C12H15N5O2S. The maximum Gasteiger partial charge on any atom is 0.263 e. The Hall–Kier alpha value is -2.22. The van der Waals surface area contributed by atoms with Crippen molar-refractivity contribution in [3.63, 3.8) is 0 Å². The number of nitrogen functional groups attached to an aromatic ring is 1. The summed E-state index contributed by atoms with van der Waals surface area (Å²) in [5, 5.41) is 7.57. The van der Waals surface area contributed by atoms with Crippen molar-refractivity contribution < 1.29 is 8.42 Å². The molecule has 2 rings (SSSR count). The molecule has 0 amide bonds. The summed E-state index contributed by atoms with van der Waals surface area (Å²) in [6, 6.07) is 5.93. The first-order valence-electron chi connectivity index (χ1n) is 6.08. The Bertz CT molecular complexity index is 685. The van der Waals surface area contributed by atoms with Gasteiger partial charge in [-0.05, 0) is 30.7 Å². The third-order valence-corrected chi connectivity index (χ3v) is 3.95. The Kier molecular flexibility index (Phi) is 4.14. The molecule has 0 unspecified atom stereocenters. The molecule has 106 valence electrons. The van der Waals surface area contributed by atoms with Crippen LogP contribution < -0.4 is 10.5 Å². The number of anilines is 2. The third kappa shape index (κ3) is 3.21. The largest absolute Gasteiger partial charge is 0.399 e. The van der Waals surface area contributed by atoms with Crippen molar-refractivity contribution in [2.75, 3.05) is 10.5 Å². The topological polar surface area (TPSA) is 111 Å². The Morgan fingerprint density at radius 3 is 2.60 bits per heavy atom. The van der Waals surface area contributed by atoms with Gasteiger partial charge in [-0.15, -0.1) is 5.10 Å². The molecule has 20 heavy (non-hydrogen) atoms. The van der Waals surface area contributed by atoms with E-state index in [1.165, 1.54) is 30.6 Å². The van der Waals surface area contributed by atoms with Gasteiger partial charge < -0.3 is 5.73 Å². The Morgan fingerprint density at radius 1 is 1.25 bits per heavy atom. The van der Waals surface area contributed by atoms with E-state index in [0.717, 1.165) is 6.42 Å². The monoisotopic (exact) mass is 293 g/mol. The van der Waals surface area contributed by atoms with Crippen LogP contribution in [0.25, 0.3) is 0 Å². The highest BCUT2D eigenvalue weighted by Crippen LogP contribution is 2.17. The van der Waals surface area contributed by atoms with E-state index in [0.29, 0.717) is 17.8 Å². The minimum Gasteiger partial charge on any atom is -0.399 e. The number of benzene rings is 1. The zero-order chi connectivity index (χ0) is 14.6. The lowest BCUT2D eigenvalue weighted by molar-refractivity contribution is 0.600. The quantitative estimate of drug-likeness (QED) is 0.801. The SMILES string of the molecule is CCCc1nncnc1NS(=O)(=O)c1ccc(N)cc1. The van der Waals surface area contributed by atoms with E-state index in [4.69, 9.17) is 5.73 Å². The number of sulfonamides is 1. The van der Waals surface area contributed by atoms with Crippen LogP contribution >= 0.6 is 0 Å². The third-order valence-electron chi connectivity index (χ3n) is 2.60. The van der Waals surface area contributed by atoms with Gasteiger partial charge in [-0.1, -0.05) is 13.3 Å². The molecule has 0 atom stereocenters. The highest BCUT2D eigenvalue weighted by molar-refractivity contribution is 7.92. The summed E-state index contributed by atoms with van der Waals surface area (Å²) in [4.78, 5) is 4.06. The second kappa shape index (κ2) is 5.83. The average Bonchev–Trinajstić information content (AvgIpc) is 2.41. The van der Waals surface area contributed by atoms with E-state index in [2.05, 4.69) is 19.9 Å². The minimum absolute atomic E-state index is 0.118. The van der Waals surface area contributed by atoms with Gasteiger partial charge >= 0.3 is 0 Å². The predicted octanol–water partition coefficient (Wildman–Crippen LogP) is 1.21. The molecule has 7 nitrogen and oxygen atoms in total. The fraction of sp³-hybridized carbons (Fsp3) is 0.250. The Balaban J connectivity index is 2.31. The van der Waals surface area contributed by atoms with Crippen molar-refractivity contribution in [3.8, 4) is 0 Å². The molecule has 0 aliphatic rings. The number of hydrogen-bond donors (Lipinski definition) is 2. The zero-order valence-corrected chi connectivity index (χ0v) is 11.8. The second-order valence-corrected chi connectivity index (χ2v) is 5.86. The van der Waals surface area contributed by atoms with Crippen molar-refractivity contribution >= 4 is 21.5 Å². The average molecular weight is 293 g/mol. The lowest BCUT2D eigenvalue weighted by atomic mass is 10.2. The summed E-state index contributed by atoms with van der Waals surface area (Å²) in [5.41, 5.74) is 6.56. The van der Waals surface area contributed by atoms with Gasteiger partial charge in [0, 0.05) is 5.69 Å². The van der Waals surface area contributed by atoms with E-state index in [1.54, 1.807) is 0 Å². The molecule has 8 heteroatoms. The van der Waals surface area contributed by atoms with E-state index >= 15 is 0 Å². The van der Waals surface area contributed by atoms with Gasteiger partial charge in [-0.25, -0.2) is 13.4 Å². The molecule has 0 saturated carbocycles. The van der Waals surface area contributed by atoms with Crippen LogP contribution in [0.2, 0.25) is 0 Å². The first-order valence-corrected chi connectivity index (χ1v) is 7.56. The van der Waals surface area contributed by atoms with Gasteiger partial charge in [-0.3, -0.25) is 4.72 Å². The molecule has 3 N–H and O–H groups in total. The van der Waals surface area contributed by atoms with Crippen molar-refractivity contribution in [3.05, 3.63) is 36.3 Å². The number of aromatic nitrogens is 3. The van der Waals surface area contributed by atoms with Crippen molar-refractivity contribution in [1.82, 2.24) is 15.2 Å². The van der Waals surface area contributed by atoms with Gasteiger partial charge in [0.1, 0.15) is 12.0 Å². The fourth-order valence-electron chi connectivity index (χ4n) is 1.62. The number of nitrogens with two attached hydrogens (primary N) is 1. The molecule has 0 radical (unpaired) electrons. The van der Waals surface area contributed by atoms with E-state index in [-0.39, 0.29) is 10.7 Å². The molecule has 0 bridgehead atoms. The van der Waals surface area contributed by atoms with Crippen molar-refractivity contribution in [2.45, 2.75) is 24.7 Å². The molecule has 0 fully saturated rings. The number of rotatable bonds is 5. The Morgan fingerprint density at radius 2 is 1.95 bits per heavy atom. The smallest absolute Gasteiger partial charge is 0.263 e. The first kappa shape index (κ1) is 14.2. The van der Waals surface area contributed by atoms with E-state index < -0.39 is 10.0 Å². The summed E-state index contributed by atoms with van der Waals surface area (Å²) in [6.45, 7) is 1.97. The van der Waals surface area contributed by atoms with Crippen LogP contribution in [0.3, 0.4) is 0 Å². The van der Waals surface area contributed by atoms with Gasteiger partial charge in [-0.2, -0.15) is 5.10 Å². The number of hydrogen-bond acceptors (Lipinski definition) is 6. The number of aryl methyl sites for hydroxylation is 1. The van der Waals surface area contributed by atoms with Crippen LogP contribution in [0.4, 0.5) is 11.5 Å². The predicted molar refractivity (Wildman–Crippen MR) is 75.5 cm³/mol.